The molecule has 1 aromatic rings. The Morgan fingerprint density at radius 1 is 1.50 bits per heavy atom. The molecule has 2 atom stereocenters. The summed E-state index contributed by atoms with van der Waals surface area (Å²) in [6, 6.07) is 6.13. The van der Waals surface area contributed by atoms with Gasteiger partial charge in [-0.3, -0.25) is 11.3 Å². The van der Waals surface area contributed by atoms with E-state index in [0.29, 0.717) is 5.92 Å². The average Bonchev–Trinajstić information content (AvgIpc) is 2.31. The Hall–Kier alpha value is -0.130. The molecule has 0 bridgehead atoms. The Bertz CT molecular complexity index is 376. The van der Waals surface area contributed by atoms with E-state index >= 15 is 0 Å². The van der Waals surface area contributed by atoms with Crippen molar-refractivity contribution in [3.8, 4) is 0 Å². The van der Waals surface area contributed by atoms with Gasteiger partial charge in [-0.15, -0.1) is 0 Å². The van der Waals surface area contributed by atoms with Gasteiger partial charge in [0.1, 0.15) is 0 Å². The molecule has 102 valence electrons. The fraction of sp³-hybridized carbons (Fsp3) is 0.538. The molecular formula is C13H20BrClN2O. The van der Waals surface area contributed by atoms with E-state index in [1.807, 2.05) is 18.2 Å². The second-order valence-electron chi connectivity index (χ2n) is 4.60. The molecule has 18 heavy (non-hydrogen) atoms. The van der Waals surface area contributed by atoms with Crippen molar-refractivity contribution in [2.45, 2.75) is 25.8 Å². The largest absolute Gasteiger partial charge is 0.384 e. The standard InChI is InChI=1S/C13H20BrClN2O/c1-9(8-18-2)5-12(17-16)6-10-3-4-11(14)7-13(10)15/h3-4,7,9,12,17H,5-6,8,16H2,1-2H3. The zero-order valence-electron chi connectivity index (χ0n) is 10.7. The van der Waals surface area contributed by atoms with Crippen LogP contribution >= 0.6 is 27.5 Å². The van der Waals surface area contributed by atoms with Gasteiger partial charge in [0.25, 0.3) is 0 Å². The fourth-order valence-corrected chi connectivity index (χ4v) is 2.75. The van der Waals surface area contributed by atoms with Gasteiger partial charge in [0.15, 0.2) is 0 Å². The van der Waals surface area contributed by atoms with Gasteiger partial charge >= 0.3 is 0 Å². The molecule has 0 heterocycles. The van der Waals surface area contributed by atoms with E-state index in [9.17, 15) is 0 Å². The summed E-state index contributed by atoms with van der Waals surface area (Å²) in [5.74, 6) is 6.07. The SMILES string of the molecule is COCC(C)CC(Cc1ccc(Br)cc1Cl)NN. The number of halogens is 2. The topological polar surface area (TPSA) is 47.3 Å². The lowest BCUT2D eigenvalue weighted by Gasteiger charge is -2.20. The fourth-order valence-electron chi connectivity index (χ4n) is 2.00. The molecule has 0 saturated heterocycles. The summed E-state index contributed by atoms with van der Waals surface area (Å²) in [5, 5.41) is 0.768. The van der Waals surface area contributed by atoms with E-state index < -0.39 is 0 Å². The van der Waals surface area contributed by atoms with Crippen molar-refractivity contribution in [3.63, 3.8) is 0 Å². The van der Waals surface area contributed by atoms with E-state index in [0.717, 1.165) is 34.5 Å². The lowest BCUT2D eigenvalue weighted by atomic mass is 9.97. The number of nitrogens with one attached hydrogen (secondary N) is 1. The molecule has 1 aromatic carbocycles. The van der Waals surface area contributed by atoms with Crippen LogP contribution in [-0.4, -0.2) is 19.8 Å². The van der Waals surface area contributed by atoms with Gasteiger partial charge in [-0.2, -0.15) is 0 Å². The van der Waals surface area contributed by atoms with Crippen molar-refractivity contribution in [1.82, 2.24) is 5.43 Å². The number of hydrazine groups is 1. The van der Waals surface area contributed by atoms with Crippen LogP contribution in [0, 0.1) is 5.92 Å². The van der Waals surface area contributed by atoms with Gasteiger partial charge in [0.2, 0.25) is 0 Å². The maximum Gasteiger partial charge on any atom is 0.0488 e. The van der Waals surface area contributed by atoms with Gasteiger partial charge < -0.3 is 4.74 Å². The first-order valence-corrected chi connectivity index (χ1v) is 7.13. The second-order valence-corrected chi connectivity index (χ2v) is 5.92. The monoisotopic (exact) mass is 334 g/mol. The maximum absolute atomic E-state index is 6.20. The van der Waals surface area contributed by atoms with Crippen LogP contribution in [0.2, 0.25) is 5.02 Å². The van der Waals surface area contributed by atoms with Gasteiger partial charge in [-0.25, -0.2) is 0 Å². The van der Waals surface area contributed by atoms with E-state index in [1.54, 1.807) is 7.11 Å². The van der Waals surface area contributed by atoms with Crippen molar-refractivity contribution < 1.29 is 4.74 Å². The molecular weight excluding hydrogens is 316 g/mol. The number of methoxy groups -OCH3 is 1. The quantitative estimate of drug-likeness (QED) is 0.594. The summed E-state index contributed by atoms with van der Waals surface area (Å²) < 4.78 is 6.13. The van der Waals surface area contributed by atoms with E-state index in [-0.39, 0.29) is 6.04 Å². The Labute approximate surface area is 122 Å². The number of nitrogens with two attached hydrogens (primary N) is 1. The molecule has 2 unspecified atom stereocenters. The number of benzene rings is 1. The van der Waals surface area contributed by atoms with Crippen LogP contribution < -0.4 is 11.3 Å². The van der Waals surface area contributed by atoms with Crippen LogP contribution in [0.5, 0.6) is 0 Å². The lowest BCUT2D eigenvalue weighted by Crippen LogP contribution is -2.38. The molecule has 1 rings (SSSR count). The highest BCUT2D eigenvalue weighted by Crippen LogP contribution is 2.23. The third-order valence-corrected chi connectivity index (χ3v) is 3.70. The number of ether oxygens (including phenoxy) is 1. The number of hydrogen-bond acceptors (Lipinski definition) is 3. The zero-order valence-corrected chi connectivity index (χ0v) is 13.1. The second kappa shape index (κ2) is 8.12. The van der Waals surface area contributed by atoms with Crippen molar-refractivity contribution in [3.05, 3.63) is 33.3 Å². The van der Waals surface area contributed by atoms with Crippen molar-refractivity contribution in [1.29, 1.82) is 0 Å². The molecule has 0 aliphatic carbocycles. The summed E-state index contributed by atoms with van der Waals surface area (Å²) in [4.78, 5) is 0. The van der Waals surface area contributed by atoms with Crippen molar-refractivity contribution in [2.75, 3.05) is 13.7 Å². The predicted octanol–water partition coefficient (Wildman–Crippen LogP) is 3.15. The molecule has 0 spiro atoms. The minimum absolute atomic E-state index is 0.203. The van der Waals surface area contributed by atoms with Crippen LogP contribution in [-0.2, 0) is 11.2 Å². The van der Waals surface area contributed by atoms with Crippen LogP contribution in [0.1, 0.15) is 18.9 Å². The first kappa shape index (κ1) is 15.9. The smallest absolute Gasteiger partial charge is 0.0488 e. The van der Waals surface area contributed by atoms with Gasteiger partial charge in [-0.1, -0.05) is 40.5 Å². The summed E-state index contributed by atoms with van der Waals surface area (Å²) in [7, 11) is 1.72. The van der Waals surface area contributed by atoms with E-state index in [2.05, 4.69) is 28.3 Å². The number of hydrogen-bond donors (Lipinski definition) is 2. The highest BCUT2D eigenvalue weighted by Gasteiger charge is 2.14. The van der Waals surface area contributed by atoms with Crippen molar-refractivity contribution in [2.24, 2.45) is 11.8 Å². The molecule has 5 heteroatoms. The lowest BCUT2D eigenvalue weighted by molar-refractivity contribution is 0.149. The molecule has 0 fully saturated rings. The molecule has 0 aromatic heterocycles. The van der Waals surface area contributed by atoms with E-state index in [4.69, 9.17) is 22.2 Å². The molecule has 0 aliphatic rings. The third-order valence-electron chi connectivity index (χ3n) is 2.86. The third kappa shape index (κ3) is 5.24. The normalized spacial score (nSPS) is 14.5. The minimum atomic E-state index is 0.203. The Morgan fingerprint density at radius 2 is 2.22 bits per heavy atom. The molecule has 3 nitrogen and oxygen atoms in total. The van der Waals surface area contributed by atoms with E-state index in [1.165, 1.54) is 0 Å². The van der Waals surface area contributed by atoms with Crippen molar-refractivity contribution >= 4 is 27.5 Å². The van der Waals surface area contributed by atoms with Gasteiger partial charge in [0, 0.05) is 29.3 Å². The van der Waals surface area contributed by atoms with Gasteiger partial charge in [0.05, 0.1) is 0 Å². The number of rotatable bonds is 7. The molecule has 0 saturated carbocycles. The minimum Gasteiger partial charge on any atom is -0.384 e. The maximum atomic E-state index is 6.20. The Balaban J connectivity index is 2.62. The van der Waals surface area contributed by atoms with Crippen LogP contribution in [0.4, 0.5) is 0 Å². The average molecular weight is 336 g/mol. The predicted molar refractivity (Wildman–Crippen MR) is 79.6 cm³/mol. The Kier molecular flexibility index (Phi) is 7.19. The highest BCUT2D eigenvalue weighted by atomic mass is 79.9. The highest BCUT2D eigenvalue weighted by molar-refractivity contribution is 9.10. The summed E-state index contributed by atoms with van der Waals surface area (Å²) in [5.41, 5.74) is 3.96. The van der Waals surface area contributed by atoms with Gasteiger partial charge in [-0.05, 0) is 36.5 Å². The molecule has 0 amide bonds. The summed E-state index contributed by atoms with van der Waals surface area (Å²) in [6.07, 6.45) is 1.77. The molecule has 0 radical (unpaired) electrons. The summed E-state index contributed by atoms with van der Waals surface area (Å²) >= 11 is 9.60. The summed E-state index contributed by atoms with van der Waals surface area (Å²) in [6.45, 7) is 2.89. The first-order chi connectivity index (χ1) is 8.56. The van der Waals surface area contributed by atoms with Crippen LogP contribution in [0.15, 0.2) is 22.7 Å². The Morgan fingerprint density at radius 3 is 2.78 bits per heavy atom. The molecule has 0 aliphatic heterocycles. The zero-order chi connectivity index (χ0) is 13.5. The van der Waals surface area contributed by atoms with Crippen LogP contribution in [0.25, 0.3) is 0 Å². The van der Waals surface area contributed by atoms with Crippen LogP contribution in [0.3, 0.4) is 0 Å². The first-order valence-electron chi connectivity index (χ1n) is 5.95. The molecule has 3 N–H and O–H groups in total.